The molecule has 1 aliphatic heterocycles. The van der Waals surface area contributed by atoms with Crippen LogP contribution in [-0.4, -0.2) is 30.4 Å². The molecule has 1 atom stereocenters. The van der Waals surface area contributed by atoms with E-state index in [1.165, 1.54) is 24.0 Å². The highest BCUT2D eigenvalue weighted by molar-refractivity contribution is 5.79. The summed E-state index contributed by atoms with van der Waals surface area (Å²) in [5.41, 5.74) is 8.52. The van der Waals surface area contributed by atoms with Gasteiger partial charge in [0.2, 0.25) is 5.91 Å². The van der Waals surface area contributed by atoms with Crippen molar-refractivity contribution in [3.63, 3.8) is 0 Å². The van der Waals surface area contributed by atoms with Gasteiger partial charge in [0.1, 0.15) is 0 Å². The van der Waals surface area contributed by atoms with Gasteiger partial charge in [0.15, 0.2) is 0 Å². The molecule has 0 aliphatic carbocycles. The summed E-state index contributed by atoms with van der Waals surface area (Å²) in [4.78, 5) is 14.8. The standard InChI is InChI=1S/C18H28N2O/c1-2-15-9-5-6-10-16(15)13-17(14-19)18(21)20-11-7-3-4-8-12-20/h5-6,9-10,17H,2-4,7-8,11-14,19H2,1H3. The molecule has 2 N–H and O–H groups in total. The lowest BCUT2D eigenvalue weighted by atomic mass is 9.93. The van der Waals surface area contributed by atoms with E-state index in [4.69, 9.17) is 5.73 Å². The summed E-state index contributed by atoms with van der Waals surface area (Å²) >= 11 is 0. The van der Waals surface area contributed by atoms with Crippen LogP contribution < -0.4 is 5.73 Å². The van der Waals surface area contributed by atoms with Gasteiger partial charge in [0.25, 0.3) is 0 Å². The zero-order chi connectivity index (χ0) is 15.1. The first-order chi connectivity index (χ1) is 10.3. The van der Waals surface area contributed by atoms with E-state index in [9.17, 15) is 4.79 Å². The van der Waals surface area contributed by atoms with Crippen LogP contribution in [0.5, 0.6) is 0 Å². The number of benzene rings is 1. The summed E-state index contributed by atoms with van der Waals surface area (Å²) in [6.45, 7) is 4.41. The molecule has 1 aliphatic rings. The van der Waals surface area contributed by atoms with Crippen molar-refractivity contribution in [2.24, 2.45) is 11.7 Å². The molecule has 1 aromatic carbocycles. The predicted octanol–water partition coefficient (Wildman–Crippen LogP) is 2.77. The van der Waals surface area contributed by atoms with Crippen LogP contribution in [0.3, 0.4) is 0 Å². The smallest absolute Gasteiger partial charge is 0.227 e. The third-order valence-corrected chi connectivity index (χ3v) is 4.52. The molecular weight excluding hydrogens is 260 g/mol. The Balaban J connectivity index is 2.06. The Kier molecular flexibility index (Phi) is 6.24. The topological polar surface area (TPSA) is 46.3 Å². The van der Waals surface area contributed by atoms with Crippen LogP contribution in [0.4, 0.5) is 0 Å². The molecule has 3 nitrogen and oxygen atoms in total. The number of carbonyl (C=O) groups is 1. The van der Waals surface area contributed by atoms with Gasteiger partial charge >= 0.3 is 0 Å². The predicted molar refractivity (Wildman–Crippen MR) is 87.1 cm³/mol. The van der Waals surface area contributed by atoms with E-state index in [0.29, 0.717) is 6.54 Å². The highest BCUT2D eigenvalue weighted by Crippen LogP contribution is 2.18. The molecule has 0 bridgehead atoms. The molecule has 1 saturated heterocycles. The van der Waals surface area contributed by atoms with Crippen LogP contribution in [0.1, 0.15) is 43.7 Å². The molecule has 0 spiro atoms. The molecule has 0 saturated carbocycles. The second-order valence-electron chi connectivity index (χ2n) is 6.00. The summed E-state index contributed by atoms with van der Waals surface area (Å²) in [7, 11) is 0. The molecular formula is C18H28N2O. The molecule has 2 rings (SSSR count). The highest BCUT2D eigenvalue weighted by atomic mass is 16.2. The molecule has 1 unspecified atom stereocenters. The zero-order valence-electron chi connectivity index (χ0n) is 13.2. The number of hydrogen-bond acceptors (Lipinski definition) is 2. The van der Waals surface area contributed by atoms with Crippen molar-refractivity contribution in [2.75, 3.05) is 19.6 Å². The number of carbonyl (C=O) groups excluding carboxylic acids is 1. The minimum Gasteiger partial charge on any atom is -0.342 e. The third-order valence-electron chi connectivity index (χ3n) is 4.52. The number of aryl methyl sites for hydroxylation is 1. The van der Waals surface area contributed by atoms with Crippen molar-refractivity contribution in [1.82, 2.24) is 4.90 Å². The van der Waals surface area contributed by atoms with Crippen molar-refractivity contribution >= 4 is 5.91 Å². The van der Waals surface area contributed by atoms with Gasteiger partial charge in [0.05, 0.1) is 5.92 Å². The van der Waals surface area contributed by atoms with Gasteiger partial charge in [0, 0.05) is 19.6 Å². The zero-order valence-corrected chi connectivity index (χ0v) is 13.2. The first-order valence-electron chi connectivity index (χ1n) is 8.32. The molecule has 1 fully saturated rings. The maximum Gasteiger partial charge on any atom is 0.227 e. The lowest BCUT2D eigenvalue weighted by molar-refractivity contribution is -0.135. The van der Waals surface area contributed by atoms with E-state index in [1.807, 2.05) is 4.90 Å². The van der Waals surface area contributed by atoms with Crippen LogP contribution in [0.25, 0.3) is 0 Å². The van der Waals surface area contributed by atoms with Gasteiger partial charge < -0.3 is 10.6 Å². The van der Waals surface area contributed by atoms with Crippen LogP contribution in [0, 0.1) is 5.92 Å². The second kappa shape index (κ2) is 8.18. The fourth-order valence-electron chi connectivity index (χ4n) is 3.19. The van der Waals surface area contributed by atoms with E-state index < -0.39 is 0 Å². The Morgan fingerprint density at radius 2 is 1.76 bits per heavy atom. The molecule has 116 valence electrons. The maximum absolute atomic E-state index is 12.7. The van der Waals surface area contributed by atoms with E-state index >= 15 is 0 Å². The molecule has 0 aromatic heterocycles. The molecule has 0 radical (unpaired) electrons. The van der Waals surface area contributed by atoms with Gasteiger partial charge in [-0.15, -0.1) is 0 Å². The van der Waals surface area contributed by atoms with Crippen molar-refractivity contribution in [2.45, 2.75) is 45.4 Å². The number of nitrogens with zero attached hydrogens (tertiary/aromatic N) is 1. The van der Waals surface area contributed by atoms with Crippen LogP contribution in [-0.2, 0) is 17.6 Å². The van der Waals surface area contributed by atoms with E-state index in [1.54, 1.807) is 0 Å². The maximum atomic E-state index is 12.7. The van der Waals surface area contributed by atoms with Crippen molar-refractivity contribution < 1.29 is 4.79 Å². The lowest BCUT2D eigenvalue weighted by Gasteiger charge is -2.26. The molecule has 1 aromatic rings. The van der Waals surface area contributed by atoms with Gasteiger partial charge in [-0.3, -0.25) is 4.79 Å². The Labute approximate surface area is 128 Å². The Bertz CT molecular complexity index is 450. The SMILES string of the molecule is CCc1ccccc1CC(CN)C(=O)N1CCCCCC1. The first kappa shape index (κ1) is 16.0. The number of nitrogens with two attached hydrogens (primary N) is 1. The first-order valence-corrected chi connectivity index (χ1v) is 8.32. The minimum absolute atomic E-state index is 0.0733. The Morgan fingerprint density at radius 3 is 2.33 bits per heavy atom. The highest BCUT2D eigenvalue weighted by Gasteiger charge is 2.24. The second-order valence-corrected chi connectivity index (χ2v) is 6.00. The third kappa shape index (κ3) is 4.31. The summed E-state index contributed by atoms with van der Waals surface area (Å²) in [6, 6.07) is 8.41. The normalized spacial score (nSPS) is 17.3. The van der Waals surface area contributed by atoms with Gasteiger partial charge in [-0.1, -0.05) is 44.0 Å². The average Bonchev–Trinajstić information content (AvgIpc) is 2.81. The fourth-order valence-corrected chi connectivity index (χ4v) is 3.19. The molecule has 1 amide bonds. The van der Waals surface area contributed by atoms with Gasteiger partial charge in [-0.05, 0) is 36.8 Å². The van der Waals surface area contributed by atoms with Gasteiger partial charge in [-0.25, -0.2) is 0 Å². The number of rotatable bonds is 5. The summed E-state index contributed by atoms with van der Waals surface area (Å²) in [5, 5.41) is 0. The summed E-state index contributed by atoms with van der Waals surface area (Å²) in [5.74, 6) is 0.182. The van der Waals surface area contributed by atoms with E-state index in [0.717, 1.165) is 38.8 Å². The largest absolute Gasteiger partial charge is 0.342 e. The quantitative estimate of drug-likeness (QED) is 0.905. The van der Waals surface area contributed by atoms with Gasteiger partial charge in [-0.2, -0.15) is 0 Å². The van der Waals surface area contributed by atoms with Crippen molar-refractivity contribution in [3.05, 3.63) is 35.4 Å². The summed E-state index contributed by atoms with van der Waals surface area (Å²) in [6.07, 6.45) is 6.54. The number of hydrogen-bond donors (Lipinski definition) is 1. The van der Waals surface area contributed by atoms with Crippen molar-refractivity contribution in [3.8, 4) is 0 Å². The fraction of sp³-hybridized carbons (Fsp3) is 0.611. The average molecular weight is 288 g/mol. The number of amides is 1. The van der Waals surface area contributed by atoms with Crippen LogP contribution in [0.2, 0.25) is 0 Å². The molecule has 21 heavy (non-hydrogen) atoms. The van der Waals surface area contributed by atoms with Crippen LogP contribution >= 0.6 is 0 Å². The minimum atomic E-state index is -0.0733. The summed E-state index contributed by atoms with van der Waals surface area (Å²) < 4.78 is 0. The Hall–Kier alpha value is -1.35. The van der Waals surface area contributed by atoms with Crippen molar-refractivity contribution in [1.29, 1.82) is 0 Å². The monoisotopic (exact) mass is 288 g/mol. The van der Waals surface area contributed by atoms with Crippen LogP contribution in [0.15, 0.2) is 24.3 Å². The number of likely N-dealkylation sites (tertiary alicyclic amines) is 1. The molecule has 3 heteroatoms. The lowest BCUT2D eigenvalue weighted by Crippen LogP contribution is -2.40. The van der Waals surface area contributed by atoms with E-state index in [-0.39, 0.29) is 11.8 Å². The molecule has 1 heterocycles. The van der Waals surface area contributed by atoms with E-state index in [2.05, 4.69) is 31.2 Å². The Morgan fingerprint density at radius 1 is 1.14 bits per heavy atom.